The van der Waals surface area contributed by atoms with Crippen molar-refractivity contribution in [2.24, 2.45) is 0 Å². The molecule has 1 aliphatic rings. The van der Waals surface area contributed by atoms with Gasteiger partial charge in [-0.2, -0.15) is 0 Å². The van der Waals surface area contributed by atoms with Crippen molar-refractivity contribution in [2.75, 3.05) is 32.1 Å². The summed E-state index contributed by atoms with van der Waals surface area (Å²) in [6, 6.07) is 8.71. The number of hydrogen-bond donors (Lipinski definition) is 0. The van der Waals surface area contributed by atoms with Gasteiger partial charge in [-0.1, -0.05) is 18.2 Å². The minimum Gasteiger partial charge on any atom is -0.308 e. The Bertz CT molecular complexity index is 997. The molecule has 0 atom stereocenters. The Balaban J connectivity index is 2.05. The Morgan fingerprint density at radius 1 is 1.17 bits per heavy atom. The number of nitrogens with zero attached hydrogens (tertiary/aromatic N) is 3. The maximum atomic E-state index is 14.3. The molecule has 0 fully saturated rings. The van der Waals surface area contributed by atoms with E-state index in [-0.39, 0.29) is 11.4 Å². The van der Waals surface area contributed by atoms with Crippen LogP contribution in [-0.4, -0.2) is 43.0 Å². The first kappa shape index (κ1) is 15.0. The SMILES string of the molecule is Cc1ccc2c3c(c4cccc(F)c4nc13)C(=O)N2CCN(C)C. The van der Waals surface area contributed by atoms with E-state index < -0.39 is 5.82 Å². The number of carbonyl (C=O) groups excluding carboxylic acids is 1. The molecule has 0 bridgehead atoms. The Hall–Kier alpha value is -2.53. The van der Waals surface area contributed by atoms with Gasteiger partial charge in [0.2, 0.25) is 0 Å². The van der Waals surface area contributed by atoms with Gasteiger partial charge in [0, 0.05) is 23.9 Å². The van der Waals surface area contributed by atoms with Crippen LogP contribution in [0.5, 0.6) is 0 Å². The fourth-order valence-corrected chi connectivity index (χ4v) is 3.37. The molecule has 1 aliphatic heterocycles. The van der Waals surface area contributed by atoms with E-state index in [0.717, 1.165) is 23.2 Å². The summed E-state index contributed by atoms with van der Waals surface area (Å²) in [5.41, 5.74) is 3.37. The van der Waals surface area contributed by atoms with Gasteiger partial charge in [-0.3, -0.25) is 4.79 Å². The van der Waals surface area contributed by atoms with Crippen molar-refractivity contribution in [3.05, 3.63) is 47.3 Å². The van der Waals surface area contributed by atoms with Crippen molar-refractivity contribution in [3.63, 3.8) is 0 Å². The average Bonchev–Trinajstić information content (AvgIpc) is 2.83. The summed E-state index contributed by atoms with van der Waals surface area (Å²) in [7, 11) is 3.95. The Morgan fingerprint density at radius 2 is 1.96 bits per heavy atom. The number of carbonyl (C=O) groups is 1. The predicted molar refractivity (Wildman–Crippen MR) is 94.2 cm³/mol. The summed E-state index contributed by atoms with van der Waals surface area (Å²) >= 11 is 0. The van der Waals surface area contributed by atoms with Crippen LogP contribution in [0.3, 0.4) is 0 Å². The molecular formula is C19H18FN3O. The van der Waals surface area contributed by atoms with Gasteiger partial charge in [0.25, 0.3) is 5.91 Å². The van der Waals surface area contributed by atoms with E-state index >= 15 is 0 Å². The maximum absolute atomic E-state index is 14.3. The van der Waals surface area contributed by atoms with Gasteiger partial charge in [0.15, 0.2) is 0 Å². The van der Waals surface area contributed by atoms with E-state index in [1.807, 2.05) is 38.1 Å². The van der Waals surface area contributed by atoms with Crippen LogP contribution >= 0.6 is 0 Å². The Kier molecular flexibility index (Phi) is 3.28. The standard InChI is InChI=1S/C19H18FN3O/c1-11-7-8-14-16-15(19(24)23(14)10-9-22(2)3)12-5-4-6-13(20)18(12)21-17(11)16/h4-8H,9-10H2,1-3H3. The van der Waals surface area contributed by atoms with Crippen LogP contribution in [0.4, 0.5) is 10.1 Å². The van der Waals surface area contributed by atoms with Crippen LogP contribution in [0.25, 0.3) is 21.8 Å². The van der Waals surface area contributed by atoms with Crippen LogP contribution in [-0.2, 0) is 0 Å². The van der Waals surface area contributed by atoms with Crippen molar-refractivity contribution in [3.8, 4) is 0 Å². The number of rotatable bonds is 3. The quantitative estimate of drug-likeness (QED) is 0.694. The van der Waals surface area contributed by atoms with E-state index in [9.17, 15) is 9.18 Å². The summed E-state index contributed by atoms with van der Waals surface area (Å²) < 4.78 is 14.3. The third-order valence-electron chi connectivity index (χ3n) is 4.61. The zero-order valence-corrected chi connectivity index (χ0v) is 13.9. The lowest BCUT2D eigenvalue weighted by atomic mass is 10.0. The van der Waals surface area contributed by atoms with Gasteiger partial charge in [-0.15, -0.1) is 0 Å². The highest BCUT2D eigenvalue weighted by molar-refractivity contribution is 6.30. The highest BCUT2D eigenvalue weighted by Crippen LogP contribution is 2.41. The highest BCUT2D eigenvalue weighted by Gasteiger charge is 2.33. The van der Waals surface area contributed by atoms with E-state index in [1.54, 1.807) is 17.0 Å². The molecule has 4 rings (SSSR count). The third-order valence-corrected chi connectivity index (χ3v) is 4.61. The van der Waals surface area contributed by atoms with Gasteiger partial charge in [-0.05, 0) is 38.7 Å². The first-order chi connectivity index (χ1) is 11.5. The lowest BCUT2D eigenvalue weighted by molar-refractivity contribution is 0.0993. The number of anilines is 1. The molecular weight excluding hydrogens is 305 g/mol. The molecule has 0 unspecified atom stereocenters. The molecule has 1 amide bonds. The van der Waals surface area contributed by atoms with Gasteiger partial charge in [0.05, 0.1) is 16.8 Å². The molecule has 1 aromatic heterocycles. The number of amides is 1. The van der Waals surface area contributed by atoms with E-state index in [0.29, 0.717) is 23.0 Å². The van der Waals surface area contributed by atoms with E-state index in [1.165, 1.54) is 6.07 Å². The summed E-state index contributed by atoms with van der Waals surface area (Å²) in [6.45, 7) is 3.29. The van der Waals surface area contributed by atoms with Crippen molar-refractivity contribution >= 4 is 33.4 Å². The fourth-order valence-electron chi connectivity index (χ4n) is 3.37. The van der Waals surface area contributed by atoms with Crippen molar-refractivity contribution < 1.29 is 9.18 Å². The smallest absolute Gasteiger partial charge is 0.259 e. The lowest BCUT2D eigenvalue weighted by Crippen LogP contribution is -2.34. The average molecular weight is 323 g/mol. The molecule has 3 aromatic rings. The third kappa shape index (κ3) is 2.01. The molecule has 122 valence electrons. The first-order valence-electron chi connectivity index (χ1n) is 7.97. The molecule has 2 heterocycles. The monoisotopic (exact) mass is 323 g/mol. The first-order valence-corrected chi connectivity index (χ1v) is 7.97. The minimum absolute atomic E-state index is 0.0690. The molecule has 0 saturated heterocycles. The largest absolute Gasteiger partial charge is 0.308 e. The maximum Gasteiger partial charge on any atom is 0.259 e. The molecule has 0 radical (unpaired) electrons. The van der Waals surface area contributed by atoms with Crippen molar-refractivity contribution in [1.29, 1.82) is 0 Å². The number of likely N-dealkylation sites (N-methyl/N-ethyl adjacent to an activating group) is 1. The highest BCUT2D eigenvalue weighted by atomic mass is 19.1. The second-order valence-electron chi connectivity index (χ2n) is 6.51. The van der Waals surface area contributed by atoms with Crippen LogP contribution in [0, 0.1) is 12.7 Å². The van der Waals surface area contributed by atoms with E-state index in [4.69, 9.17) is 0 Å². The molecule has 2 aromatic carbocycles. The number of hydrogen-bond acceptors (Lipinski definition) is 3. The number of para-hydroxylation sites is 1. The van der Waals surface area contributed by atoms with Gasteiger partial charge < -0.3 is 9.80 Å². The van der Waals surface area contributed by atoms with Crippen LogP contribution < -0.4 is 4.90 Å². The summed E-state index contributed by atoms with van der Waals surface area (Å²) in [5, 5.41) is 1.43. The van der Waals surface area contributed by atoms with Crippen LogP contribution in [0.15, 0.2) is 30.3 Å². The number of pyridine rings is 1. The minimum atomic E-state index is -0.394. The molecule has 0 N–H and O–H groups in total. The normalized spacial score (nSPS) is 13.7. The van der Waals surface area contributed by atoms with Crippen LogP contribution in [0.2, 0.25) is 0 Å². The van der Waals surface area contributed by atoms with Crippen LogP contribution in [0.1, 0.15) is 15.9 Å². The lowest BCUT2D eigenvalue weighted by Gasteiger charge is -2.20. The van der Waals surface area contributed by atoms with E-state index in [2.05, 4.69) is 4.98 Å². The molecule has 0 aliphatic carbocycles. The summed E-state index contributed by atoms with van der Waals surface area (Å²) in [6.07, 6.45) is 0. The van der Waals surface area contributed by atoms with Crippen molar-refractivity contribution in [1.82, 2.24) is 9.88 Å². The number of fused-ring (bicyclic) bond motifs is 2. The number of aromatic nitrogens is 1. The zero-order chi connectivity index (χ0) is 17.0. The Morgan fingerprint density at radius 3 is 2.71 bits per heavy atom. The van der Waals surface area contributed by atoms with Gasteiger partial charge >= 0.3 is 0 Å². The summed E-state index contributed by atoms with van der Waals surface area (Å²) in [5.74, 6) is -0.463. The molecule has 4 nitrogen and oxygen atoms in total. The second-order valence-corrected chi connectivity index (χ2v) is 6.51. The Labute approximate surface area is 139 Å². The molecule has 5 heteroatoms. The zero-order valence-electron chi connectivity index (χ0n) is 13.9. The van der Waals surface area contributed by atoms with Crippen molar-refractivity contribution in [2.45, 2.75) is 6.92 Å². The number of benzene rings is 2. The molecule has 0 saturated carbocycles. The fraction of sp³-hybridized carbons (Fsp3) is 0.263. The number of aryl methyl sites for hydroxylation is 1. The summed E-state index contributed by atoms with van der Waals surface area (Å²) in [4.78, 5) is 21.4. The predicted octanol–water partition coefficient (Wildman–Crippen LogP) is 3.36. The van der Waals surface area contributed by atoms with Gasteiger partial charge in [-0.25, -0.2) is 9.37 Å². The molecule has 24 heavy (non-hydrogen) atoms. The topological polar surface area (TPSA) is 36.4 Å². The van der Waals surface area contributed by atoms with Gasteiger partial charge in [0.1, 0.15) is 11.3 Å². The molecule has 0 spiro atoms. The number of halogens is 1. The second kappa shape index (κ2) is 5.24.